The van der Waals surface area contributed by atoms with Crippen LogP contribution in [0.5, 0.6) is 0 Å². The van der Waals surface area contributed by atoms with Crippen LogP contribution in [-0.2, 0) is 0 Å². The second kappa shape index (κ2) is 22.3. The van der Waals surface area contributed by atoms with E-state index in [1.807, 2.05) is 30.3 Å². The normalized spacial score (nSPS) is 19.4. The van der Waals surface area contributed by atoms with Crippen LogP contribution in [0.3, 0.4) is 0 Å². The van der Waals surface area contributed by atoms with Crippen LogP contribution in [0, 0.1) is 23.2 Å². The number of aromatic nitrogens is 1. The molecule has 0 saturated carbocycles. The van der Waals surface area contributed by atoms with E-state index in [2.05, 4.69) is 273 Å². The number of hydrogen-bond acceptors (Lipinski definition) is 3. The third-order valence-electron chi connectivity index (χ3n) is 20.5. The van der Waals surface area contributed by atoms with Crippen molar-refractivity contribution in [1.29, 1.82) is 0 Å². The SMILES string of the molecule is C=C/C(=C\C=C\C1C=c2c(n(C3=CC=C4C5=C(C=C(N(C6=CCC(C7=CCCC=C7)C=C6)c6ccc(-c7ccccc7)cc6)CC5)C(C)(C)C4C3)c3ccc(-c4ccc(-c5ccc6oc7ccccc7c6c5)cc4)cc23)=CC1)c1ccc2oc3ccccc3c2c1. The number of allylic oxidation sites excluding steroid dienone is 20. The lowest BCUT2D eigenvalue weighted by Crippen LogP contribution is -2.33. The first-order chi connectivity index (χ1) is 44.8. The molecule has 4 heteroatoms. The van der Waals surface area contributed by atoms with Gasteiger partial charge in [0.25, 0.3) is 0 Å². The molecule has 0 aliphatic heterocycles. The number of nitrogens with zero attached hydrogens (tertiary/aromatic N) is 2. The molecule has 91 heavy (non-hydrogen) atoms. The lowest BCUT2D eigenvalue weighted by molar-refractivity contribution is 0.337. The van der Waals surface area contributed by atoms with Crippen molar-refractivity contribution in [3.8, 4) is 33.4 Å². The second-order valence-electron chi connectivity index (χ2n) is 26.1. The molecule has 3 aromatic heterocycles. The van der Waals surface area contributed by atoms with E-state index < -0.39 is 0 Å². The molecule has 0 N–H and O–H groups in total. The van der Waals surface area contributed by atoms with Crippen LogP contribution in [0.15, 0.2) is 310 Å². The predicted molar refractivity (Wildman–Crippen MR) is 382 cm³/mol. The van der Waals surface area contributed by atoms with Crippen molar-refractivity contribution in [1.82, 2.24) is 4.57 Å². The Labute approximate surface area is 531 Å². The standard InChI is InChI=1S/C87H70N2O2/c1-4-57(64-36-48-85-77(52-64)73-22-11-13-24-83(73)90-85)21-15-16-56-26-46-81-75(50-56)76-51-65(62-27-29-63(30-28-62)66-37-49-86-78(53-66)74-23-12-14-25-84(74)91-86)35-47-82(76)89(81)70-43-45-72-71-44-42-69(54-79(71)87(2,3)80(72)55-70)88(67-38-31-60(32-39-67)58-17-7-5-8-18-58)68-40-33-61(34-41-68)59-19-9-6-10-20-59/h4-5,7-9,11-25,27-33,35-41,43,45-54,56,61,80H,1,6,10,26,34,42,44,55H2,2-3H3/b16-15+,57-21+. The Morgan fingerprint density at radius 1 is 0.604 bits per heavy atom. The molecule has 11 aromatic rings. The molecule has 3 unspecified atom stereocenters. The van der Waals surface area contributed by atoms with Gasteiger partial charge in [0.05, 0.1) is 5.52 Å². The molecule has 0 bridgehead atoms. The van der Waals surface area contributed by atoms with Crippen LogP contribution >= 0.6 is 0 Å². The van der Waals surface area contributed by atoms with Gasteiger partial charge in [-0.1, -0.05) is 215 Å². The summed E-state index contributed by atoms with van der Waals surface area (Å²) in [7, 11) is 0. The molecule has 0 fully saturated rings. The largest absolute Gasteiger partial charge is 0.456 e. The number of para-hydroxylation sites is 2. The van der Waals surface area contributed by atoms with E-state index in [1.165, 1.54) is 94.3 Å². The minimum Gasteiger partial charge on any atom is -0.456 e. The molecule has 0 spiro atoms. The van der Waals surface area contributed by atoms with Gasteiger partial charge in [0.2, 0.25) is 0 Å². The van der Waals surface area contributed by atoms with Gasteiger partial charge in [-0.05, 0) is 208 Å². The molecule has 3 atom stereocenters. The first kappa shape index (κ1) is 54.7. The van der Waals surface area contributed by atoms with Crippen LogP contribution in [0.4, 0.5) is 5.69 Å². The summed E-state index contributed by atoms with van der Waals surface area (Å²) in [6.07, 6.45) is 42.9. The zero-order chi connectivity index (χ0) is 60.7. The van der Waals surface area contributed by atoms with Crippen molar-refractivity contribution in [2.45, 2.75) is 58.8 Å². The highest BCUT2D eigenvalue weighted by Gasteiger charge is 2.46. The quantitative estimate of drug-likeness (QED) is 0.114. The molecule has 6 aliphatic rings. The zero-order valence-corrected chi connectivity index (χ0v) is 51.6. The summed E-state index contributed by atoms with van der Waals surface area (Å²) in [5.74, 6) is 0.945. The fourth-order valence-corrected chi connectivity index (χ4v) is 15.7. The first-order valence-electron chi connectivity index (χ1n) is 32.7. The molecule has 6 aliphatic carbocycles. The van der Waals surface area contributed by atoms with Gasteiger partial charge in [-0.2, -0.15) is 0 Å². The Morgan fingerprint density at radius 2 is 1.26 bits per heavy atom. The van der Waals surface area contributed by atoms with E-state index in [9.17, 15) is 0 Å². The molecule has 8 aromatic carbocycles. The Hall–Kier alpha value is -10.4. The molecular formula is C87H70N2O2. The maximum atomic E-state index is 6.19. The smallest absolute Gasteiger partial charge is 0.135 e. The molecule has 3 heterocycles. The van der Waals surface area contributed by atoms with E-state index in [1.54, 1.807) is 5.57 Å². The minimum atomic E-state index is -0.0983. The minimum absolute atomic E-state index is 0.0983. The highest BCUT2D eigenvalue weighted by Crippen LogP contribution is 2.58. The summed E-state index contributed by atoms with van der Waals surface area (Å²) in [6, 6.07) is 65.9. The van der Waals surface area contributed by atoms with Gasteiger partial charge in [0.1, 0.15) is 22.3 Å². The van der Waals surface area contributed by atoms with E-state index in [4.69, 9.17) is 8.83 Å². The maximum Gasteiger partial charge on any atom is 0.135 e. The first-order valence-corrected chi connectivity index (χ1v) is 32.7. The van der Waals surface area contributed by atoms with Gasteiger partial charge in [-0.3, -0.25) is 0 Å². The van der Waals surface area contributed by atoms with Crippen LogP contribution in [0.25, 0.3) is 112 Å². The fraction of sp³-hybridized carbons (Fsp3) is 0.149. The van der Waals surface area contributed by atoms with E-state index >= 15 is 0 Å². The number of fused-ring (bicyclic) bond motifs is 11. The number of hydrogen-bond donors (Lipinski definition) is 0. The van der Waals surface area contributed by atoms with E-state index in [0.29, 0.717) is 11.8 Å². The van der Waals surface area contributed by atoms with Crippen molar-refractivity contribution in [3.63, 3.8) is 0 Å². The van der Waals surface area contributed by atoms with Crippen molar-refractivity contribution in [2.75, 3.05) is 4.90 Å². The third kappa shape index (κ3) is 9.58. The summed E-state index contributed by atoms with van der Waals surface area (Å²) in [5, 5.41) is 8.39. The summed E-state index contributed by atoms with van der Waals surface area (Å²) in [5.41, 5.74) is 25.4. The zero-order valence-electron chi connectivity index (χ0n) is 51.6. The highest BCUT2D eigenvalue weighted by atomic mass is 16.3. The van der Waals surface area contributed by atoms with Crippen LogP contribution in [0.2, 0.25) is 0 Å². The van der Waals surface area contributed by atoms with Gasteiger partial charge in [-0.25, -0.2) is 0 Å². The average Bonchev–Trinajstić information content (AvgIpc) is 1.59. The van der Waals surface area contributed by atoms with Crippen molar-refractivity contribution in [3.05, 3.63) is 317 Å². The van der Waals surface area contributed by atoms with Crippen molar-refractivity contribution >= 4 is 83.9 Å². The highest BCUT2D eigenvalue weighted by molar-refractivity contribution is 6.07. The molecule has 440 valence electrons. The van der Waals surface area contributed by atoms with E-state index in [0.717, 1.165) is 100.0 Å². The summed E-state index contributed by atoms with van der Waals surface area (Å²) < 4.78 is 15.0. The Kier molecular flexibility index (Phi) is 13.4. The van der Waals surface area contributed by atoms with Gasteiger partial charge in [0, 0.05) is 66.2 Å². The number of benzene rings is 8. The Bertz CT molecular complexity index is 5300. The molecule has 0 amide bonds. The molecule has 0 radical (unpaired) electrons. The lowest BCUT2D eigenvalue weighted by Gasteiger charge is -2.35. The van der Waals surface area contributed by atoms with Crippen LogP contribution < -0.4 is 15.5 Å². The summed E-state index contributed by atoms with van der Waals surface area (Å²) >= 11 is 0. The van der Waals surface area contributed by atoms with Crippen LogP contribution in [-0.4, -0.2) is 4.57 Å². The van der Waals surface area contributed by atoms with Crippen LogP contribution in [0.1, 0.15) is 64.4 Å². The monoisotopic (exact) mass is 1170 g/mol. The molecular weight excluding hydrogens is 1100 g/mol. The van der Waals surface area contributed by atoms with Gasteiger partial charge < -0.3 is 18.3 Å². The van der Waals surface area contributed by atoms with Crippen molar-refractivity contribution in [2.24, 2.45) is 23.2 Å². The number of furan rings is 2. The molecule has 17 rings (SSSR count). The Balaban J connectivity index is 0.720. The fourth-order valence-electron chi connectivity index (χ4n) is 15.7. The Morgan fingerprint density at radius 3 is 1.99 bits per heavy atom. The lowest BCUT2D eigenvalue weighted by atomic mass is 9.72. The summed E-state index contributed by atoms with van der Waals surface area (Å²) in [4.78, 5) is 2.57. The molecule has 4 nitrogen and oxygen atoms in total. The van der Waals surface area contributed by atoms with Gasteiger partial charge in [-0.15, -0.1) is 0 Å². The third-order valence-corrected chi connectivity index (χ3v) is 20.5. The maximum absolute atomic E-state index is 6.19. The average molecular weight is 1180 g/mol. The summed E-state index contributed by atoms with van der Waals surface area (Å²) in [6.45, 7) is 9.30. The van der Waals surface area contributed by atoms with E-state index in [-0.39, 0.29) is 11.3 Å². The van der Waals surface area contributed by atoms with Gasteiger partial charge >= 0.3 is 0 Å². The van der Waals surface area contributed by atoms with Gasteiger partial charge in [0.15, 0.2) is 0 Å². The second-order valence-corrected chi connectivity index (χ2v) is 26.1. The predicted octanol–water partition coefficient (Wildman–Crippen LogP) is 21.9. The topological polar surface area (TPSA) is 34.5 Å². The number of anilines is 1. The van der Waals surface area contributed by atoms with Crippen molar-refractivity contribution < 1.29 is 8.83 Å². The number of rotatable bonds is 12. The molecule has 0 saturated heterocycles.